The molecule has 0 aromatic heterocycles. The summed E-state index contributed by atoms with van der Waals surface area (Å²) in [4.78, 5) is 13.1. The maximum Gasteiger partial charge on any atom is 0.238 e. The molecule has 0 aliphatic heterocycles. The molecule has 1 aromatic rings. The lowest BCUT2D eigenvalue weighted by atomic mass is 10.1. The number of hydrogen-bond acceptors (Lipinski definition) is 2. The van der Waals surface area contributed by atoms with Gasteiger partial charge in [0.05, 0.1) is 6.04 Å². The highest BCUT2D eigenvalue weighted by molar-refractivity contribution is 5.80. The molecule has 1 rings (SSSR count). The van der Waals surface area contributed by atoms with E-state index in [1.54, 1.807) is 18.9 Å². The van der Waals surface area contributed by atoms with E-state index < -0.39 is 6.04 Å². The van der Waals surface area contributed by atoms with Gasteiger partial charge in [-0.15, -0.1) is 0 Å². The SMILES string of the molecule is CC(N)C(=O)N(C)CCc1ccccc1. The van der Waals surface area contributed by atoms with Crippen molar-refractivity contribution in [1.82, 2.24) is 4.90 Å². The summed E-state index contributed by atoms with van der Waals surface area (Å²) in [6.07, 6.45) is 0.871. The lowest BCUT2D eigenvalue weighted by molar-refractivity contribution is -0.130. The molecule has 1 amide bonds. The van der Waals surface area contributed by atoms with Gasteiger partial charge >= 0.3 is 0 Å². The number of hydrogen-bond donors (Lipinski definition) is 1. The topological polar surface area (TPSA) is 46.3 Å². The molecule has 0 saturated heterocycles. The molecule has 0 radical (unpaired) electrons. The van der Waals surface area contributed by atoms with Crippen LogP contribution in [0.2, 0.25) is 0 Å². The molecule has 2 N–H and O–H groups in total. The quantitative estimate of drug-likeness (QED) is 0.800. The fraction of sp³-hybridized carbons (Fsp3) is 0.417. The third kappa shape index (κ3) is 3.72. The fourth-order valence-electron chi connectivity index (χ4n) is 1.40. The molecule has 15 heavy (non-hydrogen) atoms. The zero-order valence-electron chi connectivity index (χ0n) is 9.31. The lowest BCUT2D eigenvalue weighted by Crippen LogP contribution is -2.40. The van der Waals surface area contributed by atoms with E-state index in [1.165, 1.54) is 5.56 Å². The zero-order chi connectivity index (χ0) is 11.3. The Balaban J connectivity index is 2.41. The van der Waals surface area contributed by atoms with Crippen LogP contribution in [0.3, 0.4) is 0 Å². The van der Waals surface area contributed by atoms with E-state index in [2.05, 4.69) is 12.1 Å². The summed E-state index contributed by atoms with van der Waals surface area (Å²) in [5.74, 6) is -0.00840. The monoisotopic (exact) mass is 206 g/mol. The second-order valence-corrected chi connectivity index (χ2v) is 3.78. The summed E-state index contributed by atoms with van der Waals surface area (Å²) >= 11 is 0. The first-order valence-electron chi connectivity index (χ1n) is 5.15. The Morgan fingerprint density at radius 1 is 1.40 bits per heavy atom. The van der Waals surface area contributed by atoms with Gasteiger partial charge in [0.15, 0.2) is 0 Å². The highest BCUT2D eigenvalue weighted by atomic mass is 16.2. The van der Waals surface area contributed by atoms with Crippen molar-refractivity contribution in [3.05, 3.63) is 35.9 Å². The Morgan fingerprint density at radius 2 is 2.00 bits per heavy atom. The maximum absolute atomic E-state index is 11.5. The van der Waals surface area contributed by atoms with E-state index in [9.17, 15) is 4.79 Å². The Hall–Kier alpha value is -1.35. The van der Waals surface area contributed by atoms with Crippen molar-refractivity contribution in [2.75, 3.05) is 13.6 Å². The van der Waals surface area contributed by atoms with E-state index in [-0.39, 0.29) is 5.91 Å². The number of likely N-dealkylation sites (N-methyl/N-ethyl adjacent to an activating group) is 1. The van der Waals surface area contributed by atoms with Gasteiger partial charge in [-0.1, -0.05) is 30.3 Å². The van der Waals surface area contributed by atoms with Gasteiger partial charge in [0.2, 0.25) is 5.91 Å². The van der Waals surface area contributed by atoms with Crippen molar-refractivity contribution in [2.24, 2.45) is 5.73 Å². The first-order chi connectivity index (χ1) is 7.11. The Labute approximate surface area is 90.9 Å². The summed E-state index contributed by atoms with van der Waals surface area (Å²) in [5, 5.41) is 0. The van der Waals surface area contributed by atoms with E-state index in [0.29, 0.717) is 6.54 Å². The third-order valence-electron chi connectivity index (χ3n) is 2.34. The standard InChI is InChI=1S/C12H18N2O/c1-10(13)12(15)14(2)9-8-11-6-4-3-5-7-11/h3-7,10H,8-9,13H2,1-2H3. The summed E-state index contributed by atoms with van der Waals surface area (Å²) in [6, 6.07) is 9.70. The number of nitrogens with zero attached hydrogens (tertiary/aromatic N) is 1. The Morgan fingerprint density at radius 3 is 2.53 bits per heavy atom. The van der Waals surface area contributed by atoms with Crippen molar-refractivity contribution >= 4 is 5.91 Å². The molecule has 0 aliphatic rings. The summed E-state index contributed by atoms with van der Waals surface area (Å²) in [7, 11) is 1.79. The van der Waals surface area contributed by atoms with Crippen LogP contribution in [0.1, 0.15) is 12.5 Å². The first-order valence-corrected chi connectivity index (χ1v) is 5.15. The van der Waals surface area contributed by atoms with Gasteiger partial charge in [0, 0.05) is 13.6 Å². The number of carbonyl (C=O) groups excluding carboxylic acids is 1. The zero-order valence-corrected chi connectivity index (χ0v) is 9.31. The van der Waals surface area contributed by atoms with Gasteiger partial charge in [0.25, 0.3) is 0 Å². The molecule has 0 aliphatic carbocycles. The molecule has 0 spiro atoms. The molecule has 3 nitrogen and oxygen atoms in total. The van der Waals surface area contributed by atoms with Gasteiger partial charge in [-0.2, -0.15) is 0 Å². The van der Waals surface area contributed by atoms with E-state index in [4.69, 9.17) is 5.73 Å². The van der Waals surface area contributed by atoms with Crippen LogP contribution >= 0.6 is 0 Å². The van der Waals surface area contributed by atoms with Crippen LogP contribution in [0.15, 0.2) is 30.3 Å². The normalized spacial score (nSPS) is 12.2. The molecule has 0 heterocycles. The summed E-state index contributed by atoms with van der Waals surface area (Å²) < 4.78 is 0. The second-order valence-electron chi connectivity index (χ2n) is 3.78. The molecule has 3 heteroatoms. The highest BCUT2D eigenvalue weighted by Gasteiger charge is 2.12. The molecular formula is C12H18N2O. The van der Waals surface area contributed by atoms with Crippen molar-refractivity contribution in [3.63, 3.8) is 0 Å². The summed E-state index contributed by atoms with van der Waals surface area (Å²) in [6.45, 7) is 2.42. The minimum absolute atomic E-state index is 0.00840. The largest absolute Gasteiger partial charge is 0.344 e. The van der Waals surface area contributed by atoms with Crippen LogP contribution in [0.5, 0.6) is 0 Å². The maximum atomic E-state index is 11.5. The first kappa shape index (κ1) is 11.7. The number of benzene rings is 1. The average molecular weight is 206 g/mol. The van der Waals surface area contributed by atoms with Gasteiger partial charge in [-0.05, 0) is 18.9 Å². The molecule has 1 aromatic carbocycles. The molecular weight excluding hydrogens is 188 g/mol. The fourth-order valence-corrected chi connectivity index (χ4v) is 1.40. The molecule has 1 atom stereocenters. The van der Waals surface area contributed by atoms with Crippen LogP contribution < -0.4 is 5.73 Å². The van der Waals surface area contributed by atoms with Gasteiger partial charge in [-0.25, -0.2) is 0 Å². The Kier molecular flexibility index (Phi) is 4.31. The second kappa shape index (κ2) is 5.51. The van der Waals surface area contributed by atoms with Gasteiger partial charge < -0.3 is 10.6 Å². The van der Waals surface area contributed by atoms with Crippen LogP contribution in [0.4, 0.5) is 0 Å². The molecule has 82 valence electrons. The van der Waals surface area contributed by atoms with Crippen molar-refractivity contribution < 1.29 is 4.79 Å². The van der Waals surface area contributed by atoms with E-state index in [1.807, 2.05) is 18.2 Å². The number of amides is 1. The van der Waals surface area contributed by atoms with Crippen LogP contribution in [0.25, 0.3) is 0 Å². The minimum atomic E-state index is -0.411. The van der Waals surface area contributed by atoms with Crippen molar-refractivity contribution in [3.8, 4) is 0 Å². The highest BCUT2D eigenvalue weighted by Crippen LogP contribution is 2.01. The van der Waals surface area contributed by atoms with Crippen LogP contribution in [0, 0.1) is 0 Å². The lowest BCUT2D eigenvalue weighted by Gasteiger charge is -2.19. The predicted molar refractivity (Wildman–Crippen MR) is 61.4 cm³/mol. The molecule has 0 saturated carbocycles. The van der Waals surface area contributed by atoms with Crippen LogP contribution in [-0.2, 0) is 11.2 Å². The average Bonchev–Trinajstić information content (AvgIpc) is 2.26. The van der Waals surface area contributed by atoms with Crippen molar-refractivity contribution in [2.45, 2.75) is 19.4 Å². The van der Waals surface area contributed by atoms with E-state index >= 15 is 0 Å². The number of rotatable bonds is 4. The molecule has 0 bridgehead atoms. The number of nitrogens with two attached hydrogens (primary N) is 1. The Bertz CT molecular complexity index is 309. The smallest absolute Gasteiger partial charge is 0.238 e. The van der Waals surface area contributed by atoms with Gasteiger partial charge in [-0.3, -0.25) is 4.79 Å². The van der Waals surface area contributed by atoms with Gasteiger partial charge in [0.1, 0.15) is 0 Å². The minimum Gasteiger partial charge on any atom is -0.344 e. The number of carbonyl (C=O) groups is 1. The molecule has 1 unspecified atom stereocenters. The molecule has 0 fully saturated rings. The van der Waals surface area contributed by atoms with E-state index in [0.717, 1.165) is 6.42 Å². The van der Waals surface area contributed by atoms with Crippen LogP contribution in [-0.4, -0.2) is 30.4 Å². The van der Waals surface area contributed by atoms with Crippen molar-refractivity contribution in [1.29, 1.82) is 0 Å². The third-order valence-corrected chi connectivity index (χ3v) is 2.34. The summed E-state index contributed by atoms with van der Waals surface area (Å²) in [5.41, 5.74) is 6.75. The predicted octanol–water partition coefficient (Wildman–Crippen LogP) is 1.03.